The summed E-state index contributed by atoms with van der Waals surface area (Å²) in [4.78, 5) is 8.65. The number of rotatable bonds is 5. The zero-order valence-corrected chi connectivity index (χ0v) is 17.3. The summed E-state index contributed by atoms with van der Waals surface area (Å²) in [6.45, 7) is 0. The lowest BCUT2D eigenvalue weighted by atomic mass is 10.0. The van der Waals surface area contributed by atoms with Gasteiger partial charge in [-0.05, 0) is 53.6 Å². The number of hydrogen-bond donors (Lipinski definition) is 1. The third-order valence-corrected chi connectivity index (χ3v) is 5.23. The smallest absolute Gasteiger partial charge is 0.340 e. The molecule has 0 spiro atoms. The molecule has 0 bridgehead atoms. The summed E-state index contributed by atoms with van der Waals surface area (Å²) in [6, 6.07) is 15.4. The SMILES string of the molecule is FC(F)(F)c1cc(Br)cc(Nc2ncc(CCc3cccnc3)c3ccccc23)c1. The fourth-order valence-corrected chi connectivity index (χ4v) is 3.83. The predicted octanol–water partition coefficient (Wildman–Crippen LogP) is 6.94. The zero-order valence-electron chi connectivity index (χ0n) is 15.7. The summed E-state index contributed by atoms with van der Waals surface area (Å²) in [7, 11) is 0. The van der Waals surface area contributed by atoms with Crippen molar-refractivity contribution < 1.29 is 13.2 Å². The second kappa shape index (κ2) is 8.44. The van der Waals surface area contributed by atoms with E-state index >= 15 is 0 Å². The maximum Gasteiger partial charge on any atom is 0.416 e. The minimum Gasteiger partial charge on any atom is -0.340 e. The number of benzene rings is 2. The van der Waals surface area contributed by atoms with E-state index in [2.05, 4.69) is 31.2 Å². The molecule has 30 heavy (non-hydrogen) atoms. The molecule has 0 aliphatic rings. The van der Waals surface area contributed by atoms with E-state index in [0.717, 1.165) is 46.9 Å². The summed E-state index contributed by atoms with van der Waals surface area (Å²) in [6.07, 6.45) is 2.56. The molecule has 3 nitrogen and oxygen atoms in total. The molecule has 4 rings (SSSR count). The lowest BCUT2D eigenvalue weighted by Gasteiger charge is -2.14. The van der Waals surface area contributed by atoms with Crippen molar-refractivity contribution in [2.45, 2.75) is 19.0 Å². The summed E-state index contributed by atoms with van der Waals surface area (Å²) in [5, 5.41) is 4.92. The van der Waals surface area contributed by atoms with Crippen LogP contribution in [0.5, 0.6) is 0 Å². The van der Waals surface area contributed by atoms with Crippen LogP contribution in [0.2, 0.25) is 0 Å². The molecule has 0 saturated heterocycles. The van der Waals surface area contributed by atoms with Gasteiger partial charge in [0.1, 0.15) is 5.82 Å². The van der Waals surface area contributed by atoms with Crippen molar-refractivity contribution in [3.63, 3.8) is 0 Å². The average molecular weight is 472 g/mol. The highest BCUT2D eigenvalue weighted by molar-refractivity contribution is 9.10. The molecule has 0 radical (unpaired) electrons. The Bertz CT molecular complexity index is 1180. The quantitative estimate of drug-likeness (QED) is 0.342. The van der Waals surface area contributed by atoms with E-state index in [1.54, 1.807) is 18.5 Å². The van der Waals surface area contributed by atoms with Crippen LogP contribution < -0.4 is 5.32 Å². The maximum absolute atomic E-state index is 13.1. The number of nitrogens with zero attached hydrogens (tertiary/aromatic N) is 2. The van der Waals surface area contributed by atoms with Crippen molar-refractivity contribution >= 4 is 38.2 Å². The molecule has 2 aromatic carbocycles. The molecular formula is C23H17BrF3N3. The fourth-order valence-electron chi connectivity index (χ4n) is 3.34. The molecule has 152 valence electrons. The number of halogens is 4. The van der Waals surface area contributed by atoms with Crippen LogP contribution in [0.1, 0.15) is 16.7 Å². The van der Waals surface area contributed by atoms with Gasteiger partial charge in [-0.2, -0.15) is 13.2 Å². The van der Waals surface area contributed by atoms with Gasteiger partial charge >= 0.3 is 6.18 Å². The number of hydrogen-bond acceptors (Lipinski definition) is 3. The van der Waals surface area contributed by atoms with Crippen molar-refractivity contribution in [3.8, 4) is 0 Å². The van der Waals surface area contributed by atoms with Crippen LogP contribution in [0.3, 0.4) is 0 Å². The van der Waals surface area contributed by atoms with Crippen LogP contribution in [0.4, 0.5) is 24.7 Å². The van der Waals surface area contributed by atoms with Crippen molar-refractivity contribution in [2.24, 2.45) is 0 Å². The Morgan fingerprint density at radius 1 is 0.900 bits per heavy atom. The van der Waals surface area contributed by atoms with Gasteiger partial charge in [-0.3, -0.25) is 4.98 Å². The van der Waals surface area contributed by atoms with E-state index in [4.69, 9.17) is 0 Å². The van der Waals surface area contributed by atoms with Gasteiger partial charge in [-0.25, -0.2) is 4.98 Å². The maximum atomic E-state index is 13.1. The van der Waals surface area contributed by atoms with Crippen molar-refractivity contribution in [1.29, 1.82) is 0 Å². The monoisotopic (exact) mass is 471 g/mol. The Hall–Kier alpha value is -2.93. The van der Waals surface area contributed by atoms with E-state index in [1.807, 2.05) is 42.6 Å². The third-order valence-electron chi connectivity index (χ3n) is 4.77. The first kappa shape index (κ1) is 20.3. The molecule has 0 unspecified atom stereocenters. The number of fused-ring (bicyclic) bond motifs is 1. The molecule has 2 aromatic heterocycles. The molecule has 0 atom stereocenters. The molecule has 0 saturated carbocycles. The summed E-state index contributed by atoms with van der Waals surface area (Å²) < 4.78 is 39.8. The standard InChI is InChI=1S/C23H17BrF3N3/c24-18-10-17(23(25,26)27)11-19(12-18)30-22-21-6-2-1-5-20(21)16(14-29-22)8-7-15-4-3-9-28-13-15/h1-6,9-14H,7-8H2,(H,29,30). The molecule has 0 aliphatic carbocycles. The van der Waals surface area contributed by atoms with Gasteiger partial charge in [0, 0.05) is 34.1 Å². The first-order valence-corrected chi connectivity index (χ1v) is 10.1. The highest BCUT2D eigenvalue weighted by Gasteiger charge is 2.31. The molecule has 0 fully saturated rings. The zero-order chi connectivity index (χ0) is 21.1. The number of pyridine rings is 2. The Balaban J connectivity index is 1.66. The van der Waals surface area contributed by atoms with Crippen LogP contribution in [-0.4, -0.2) is 9.97 Å². The highest BCUT2D eigenvalue weighted by Crippen LogP contribution is 2.35. The second-order valence-electron chi connectivity index (χ2n) is 6.89. The molecule has 1 N–H and O–H groups in total. The van der Waals surface area contributed by atoms with Gasteiger partial charge in [0.15, 0.2) is 0 Å². The lowest BCUT2D eigenvalue weighted by Crippen LogP contribution is -2.06. The minimum atomic E-state index is -4.42. The Labute approximate surface area is 180 Å². The van der Waals surface area contributed by atoms with E-state index in [1.165, 1.54) is 0 Å². The molecule has 7 heteroatoms. The lowest BCUT2D eigenvalue weighted by molar-refractivity contribution is -0.137. The Morgan fingerprint density at radius 3 is 2.43 bits per heavy atom. The molecule has 2 heterocycles. The van der Waals surface area contributed by atoms with E-state index in [9.17, 15) is 13.2 Å². The number of aryl methyl sites for hydroxylation is 2. The van der Waals surface area contributed by atoms with Crippen LogP contribution in [0.25, 0.3) is 10.8 Å². The first-order valence-electron chi connectivity index (χ1n) is 9.30. The average Bonchev–Trinajstić information content (AvgIpc) is 2.73. The third kappa shape index (κ3) is 4.62. The van der Waals surface area contributed by atoms with Crippen LogP contribution in [-0.2, 0) is 19.0 Å². The Morgan fingerprint density at radius 2 is 1.70 bits per heavy atom. The predicted molar refractivity (Wildman–Crippen MR) is 116 cm³/mol. The van der Waals surface area contributed by atoms with E-state index in [0.29, 0.717) is 16.0 Å². The van der Waals surface area contributed by atoms with Crippen molar-refractivity contribution in [3.05, 3.63) is 94.4 Å². The van der Waals surface area contributed by atoms with Crippen molar-refractivity contribution in [1.82, 2.24) is 9.97 Å². The Kier molecular flexibility index (Phi) is 5.72. The van der Waals surface area contributed by atoms with Crippen LogP contribution >= 0.6 is 15.9 Å². The van der Waals surface area contributed by atoms with Crippen LogP contribution in [0, 0.1) is 0 Å². The molecular weight excluding hydrogens is 455 g/mol. The van der Waals surface area contributed by atoms with Crippen LogP contribution in [0.15, 0.2) is 77.7 Å². The van der Waals surface area contributed by atoms with Gasteiger partial charge in [-0.1, -0.05) is 46.3 Å². The van der Waals surface area contributed by atoms with E-state index < -0.39 is 11.7 Å². The van der Waals surface area contributed by atoms with Gasteiger partial charge in [0.05, 0.1) is 5.56 Å². The number of anilines is 2. The van der Waals surface area contributed by atoms with Gasteiger partial charge < -0.3 is 5.32 Å². The molecule has 4 aromatic rings. The second-order valence-corrected chi connectivity index (χ2v) is 7.81. The normalized spacial score (nSPS) is 11.6. The van der Waals surface area contributed by atoms with E-state index in [-0.39, 0.29) is 0 Å². The van der Waals surface area contributed by atoms with Gasteiger partial charge in [0.2, 0.25) is 0 Å². The molecule has 0 amide bonds. The number of alkyl halides is 3. The first-order chi connectivity index (χ1) is 14.4. The van der Waals surface area contributed by atoms with Gasteiger partial charge in [0.25, 0.3) is 0 Å². The summed E-state index contributed by atoms with van der Waals surface area (Å²) in [5.74, 6) is 0.516. The summed E-state index contributed by atoms with van der Waals surface area (Å²) in [5.41, 5.74) is 1.80. The van der Waals surface area contributed by atoms with Gasteiger partial charge in [-0.15, -0.1) is 0 Å². The number of aromatic nitrogens is 2. The number of nitrogens with one attached hydrogen (secondary N) is 1. The topological polar surface area (TPSA) is 37.8 Å². The fraction of sp³-hybridized carbons (Fsp3) is 0.130. The summed E-state index contributed by atoms with van der Waals surface area (Å²) >= 11 is 3.16. The largest absolute Gasteiger partial charge is 0.416 e. The highest BCUT2D eigenvalue weighted by atomic mass is 79.9. The molecule has 0 aliphatic heterocycles. The van der Waals surface area contributed by atoms with Crippen molar-refractivity contribution in [2.75, 3.05) is 5.32 Å². The minimum absolute atomic E-state index is 0.317.